The number of benzene rings is 1. The number of hydrogen-bond donors (Lipinski definition) is 4. The van der Waals surface area contributed by atoms with E-state index in [2.05, 4.69) is 26.2 Å². The maximum Gasteiger partial charge on any atom is 0.237 e. The van der Waals surface area contributed by atoms with Crippen LogP contribution in [0.25, 0.3) is 0 Å². The number of thiocarbonyl (C=S) groups is 1. The number of nitrogens with zero attached hydrogens (tertiary/aromatic N) is 1. The van der Waals surface area contributed by atoms with Crippen LogP contribution in [0, 0.1) is 0 Å². The molecule has 2 aromatic rings. The normalized spacial score (nSPS) is 22.2. The topological polar surface area (TPSA) is 94.7 Å². The quantitative estimate of drug-likeness (QED) is 0.424. The molecule has 0 spiro atoms. The fraction of sp³-hybridized carbons (Fsp3) is 0.435. The molecule has 176 valence electrons. The second-order valence-electron chi connectivity index (χ2n) is 8.27. The zero-order valence-corrected chi connectivity index (χ0v) is 20.1. The second kappa shape index (κ2) is 11.0. The van der Waals surface area contributed by atoms with Crippen LogP contribution in [0.2, 0.25) is 0 Å². The molecule has 1 aromatic carbocycles. The average Bonchev–Trinajstić information content (AvgIpc) is 3.48. The molecule has 3 atom stereocenters. The molecular weight excluding hydrogens is 458 g/mol. The molecule has 2 aliphatic heterocycles. The third-order valence-electron chi connectivity index (χ3n) is 6.05. The molecule has 2 saturated heterocycles. The summed E-state index contributed by atoms with van der Waals surface area (Å²) in [5.74, 6) is 0.867. The third-order valence-corrected chi connectivity index (χ3v) is 7.15. The number of amides is 2. The summed E-state index contributed by atoms with van der Waals surface area (Å²) < 4.78 is 5.18. The van der Waals surface area contributed by atoms with Gasteiger partial charge in [-0.1, -0.05) is 6.07 Å². The smallest absolute Gasteiger partial charge is 0.237 e. The summed E-state index contributed by atoms with van der Waals surface area (Å²) >= 11 is 7.11. The Morgan fingerprint density at radius 1 is 1.30 bits per heavy atom. The molecule has 0 unspecified atom stereocenters. The first-order valence-electron chi connectivity index (χ1n) is 11.1. The van der Waals surface area contributed by atoms with E-state index in [4.69, 9.17) is 17.0 Å². The Morgan fingerprint density at radius 2 is 2.12 bits per heavy atom. The van der Waals surface area contributed by atoms with Crippen LogP contribution in [0.15, 0.2) is 41.8 Å². The molecule has 0 aliphatic carbocycles. The van der Waals surface area contributed by atoms with E-state index in [1.807, 2.05) is 41.8 Å². The number of rotatable bonds is 8. The summed E-state index contributed by atoms with van der Waals surface area (Å²) in [4.78, 5) is 28.1. The van der Waals surface area contributed by atoms with E-state index < -0.39 is 0 Å². The maximum atomic E-state index is 12.5. The van der Waals surface area contributed by atoms with Gasteiger partial charge in [-0.25, -0.2) is 0 Å². The predicted molar refractivity (Wildman–Crippen MR) is 133 cm³/mol. The summed E-state index contributed by atoms with van der Waals surface area (Å²) in [6.45, 7) is 1.84. The fourth-order valence-electron chi connectivity index (χ4n) is 4.36. The van der Waals surface area contributed by atoms with E-state index in [1.165, 1.54) is 0 Å². The van der Waals surface area contributed by atoms with Gasteiger partial charge < -0.3 is 26.0 Å². The van der Waals surface area contributed by atoms with Crippen LogP contribution < -0.4 is 26.0 Å². The number of fused-ring (bicyclic) bond motifs is 1. The van der Waals surface area contributed by atoms with Gasteiger partial charge in [-0.15, -0.1) is 11.3 Å². The summed E-state index contributed by atoms with van der Waals surface area (Å²) in [6, 6.07) is 11.5. The Labute approximate surface area is 203 Å². The van der Waals surface area contributed by atoms with Crippen molar-refractivity contribution in [3.63, 3.8) is 0 Å². The Bertz CT molecular complexity index is 967. The molecule has 1 aromatic heterocycles. The lowest BCUT2D eigenvalue weighted by atomic mass is 10.0. The Kier molecular flexibility index (Phi) is 7.79. The van der Waals surface area contributed by atoms with Crippen LogP contribution in [0.5, 0.6) is 5.75 Å². The van der Waals surface area contributed by atoms with Crippen LogP contribution in [-0.2, 0) is 16.1 Å². The largest absolute Gasteiger partial charge is 0.497 e. The highest BCUT2D eigenvalue weighted by molar-refractivity contribution is 7.80. The third kappa shape index (κ3) is 6.21. The van der Waals surface area contributed by atoms with Crippen LogP contribution in [0.3, 0.4) is 0 Å². The predicted octanol–water partition coefficient (Wildman–Crippen LogP) is 2.08. The first kappa shape index (κ1) is 23.5. The SMILES string of the molecule is COc1ccc(NC(=S)N[C@H]2C[C@H]3C(=O)NC[C@@H](CCC(=O)NCc4cccs4)N3C2)cc1. The van der Waals surface area contributed by atoms with Crippen LogP contribution >= 0.6 is 23.6 Å². The van der Waals surface area contributed by atoms with Gasteiger partial charge in [-0.2, -0.15) is 0 Å². The van der Waals surface area contributed by atoms with Crippen molar-refractivity contribution in [3.8, 4) is 5.75 Å². The highest BCUT2D eigenvalue weighted by atomic mass is 32.1. The number of carbonyl (C=O) groups excluding carboxylic acids is 2. The molecule has 2 aliphatic rings. The molecule has 4 rings (SSSR count). The van der Waals surface area contributed by atoms with E-state index in [1.54, 1.807) is 18.4 Å². The second-order valence-corrected chi connectivity index (χ2v) is 9.71. The molecule has 2 fully saturated rings. The molecule has 8 nitrogen and oxygen atoms in total. The van der Waals surface area contributed by atoms with Crippen LogP contribution in [0.1, 0.15) is 24.1 Å². The van der Waals surface area contributed by atoms with Crippen molar-refractivity contribution in [3.05, 3.63) is 46.7 Å². The highest BCUT2D eigenvalue weighted by Crippen LogP contribution is 2.26. The van der Waals surface area contributed by atoms with Gasteiger partial charge in [0.2, 0.25) is 11.8 Å². The summed E-state index contributed by atoms with van der Waals surface area (Å²) in [5, 5.41) is 15.0. The number of carbonyl (C=O) groups is 2. The number of thiophene rings is 1. The van der Waals surface area contributed by atoms with Gasteiger partial charge in [0.15, 0.2) is 5.11 Å². The number of nitrogens with one attached hydrogen (secondary N) is 4. The first-order valence-corrected chi connectivity index (χ1v) is 12.3. The average molecular weight is 488 g/mol. The minimum Gasteiger partial charge on any atom is -0.497 e. The van der Waals surface area contributed by atoms with E-state index in [9.17, 15) is 9.59 Å². The number of hydrogen-bond acceptors (Lipinski definition) is 6. The summed E-state index contributed by atoms with van der Waals surface area (Å²) in [6.07, 6.45) is 1.82. The van der Waals surface area contributed by atoms with E-state index >= 15 is 0 Å². The number of ether oxygens (including phenoxy) is 1. The van der Waals surface area contributed by atoms with Crippen molar-refractivity contribution in [1.29, 1.82) is 0 Å². The Hall–Kier alpha value is -2.69. The van der Waals surface area contributed by atoms with Crippen LogP contribution in [-0.4, -0.2) is 60.2 Å². The molecule has 33 heavy (non-hydrogen) atoms. The number of methoxy groups -OCH3 is 1. The molecule has 0 radical (unpaired) electrons. The monoisotopic (exact) mass is 487 g/mol. The van der Waals surface area contributed by atoms with Gasteiger partial charge in [-0.05, 0) is 60.8 Å². The molecule has 0 bridgehead atoms. The minimum absolute atomic E-state index is 0.0376. The maximum absolute atomic E-state index is 12.5. The lowest BCUT2D eigenvalue weighted by Crippen LogP contribution is -2.58. The Morgan fingerprint density at radius 3 is 2.85 bits per heavy atom. The molecule has 3 heterocycles. The molecular formula is C23H29N5O3S2. The van der Waals surface area contributed by atoms with E-state index in [0.29, 0.717) is 44.0 Å². The minimum atomic E-state index is -0.195. The van der Waals surface area contributed by atoms with Gasteiger partial charge in [0.05, 0.1) is 19.7 Å². The zero-order chi connectivity index (χ0) is 23.2. The molecule has 4 N–H and O–H groups in total. The number of piperazine rings is 1. The van der Waals surface area contributed by atoms with Crippen molar-refractivity contribution in [2.24, 2.45) is 0 Å². The van der Waals surface area contributed by atoms with E-state index in [-0.39, 0.29) is 29.9 Å². The lowest BCUT2D eigenvalue weighted by Gasteiger charge is -2.37. The lowest BCUT2D eigenvalue weighted by molar-refractivity contribution is -0.129. The zero-order valence-electron chi connectivity index (χ0n) is 18.5. The van der Waals surface area contributed by atoms with Gasteiger partial charge in [-0.3, -0.25) is 14.5 Å². The summed E-state index contributed by atoms with van der Waals surface area (Å²) in [5.41, 5.74) is 0.869. The van der Waals surface area contributed by atoms with Crippen molar-refractivity contribution >= 4 is 46.2 Å². The highest BCUT2D eigenvalue weighted by Gasteiger charge is 2.43. The fourth-order valence-corrected chi connectivity index (χ4v) is 5.29. The van der Waals surface area contributed by atoms with Crippen molar-refractivity contribution < 1.29 is 14.3 Å². The Balaban J connectivity index is 1.26. The van der Waals surface area contributed by atoms with Gasteiger partial charge in [0.25, 0.3) is 0 Å². The van der Waals surface area contributed by atoms with Crippen molar-refractivity contribution in [2.45, 2.75) is 43.9 Å². The van der Waals surface area contributed by atoms with Crippen molar-refractivity contribution in [2.75, 3.05) is 25.5 Å². The standard InChI is InChI=1S/C23H29N5O3S2/c1-31-18-7-4-15(5-8-18)26-23(32)27-16-11-20-22(30)25-12-17(28(20)14-16)6-9-21(29)24-13-19-3-2-10-33-19/h2-5,7-8,10,16-17,20H,6,9,11-14H2,1H3,(H,24,29)(H,25,30)(H2,26,27,32)/t16-,17+,20-/m0/s1. The molecule has 10 heteroatoms. The number of anilines is 1. The van der Waals surface area contributed by atoms with E-state index in [0.717, 1.165) is 16.3 Å². The van der Waals surface area contributed by atoms with Gasteiger partial charge in [0.1, 0.15) is 5.75 Å². The van der Waals surface area contributed by atoms with Gasteiger partial charge >= 0.3 is 0 Å². The molecule has 0 saturated carbocycles. The molecule has 2 amide bonds. The van der Waals surface area contributed by atoms with Crippen molar-refractivity contribution in [1.82, 2.24) is 20.9 Å². The van der Waals surface area contributed by atoms with Crippen LogP contribution in [0.4, 0.5) is 5.69 Å². The first-order chi connectivity index (χ1) is 16.0. The van der Waals surface area contributed by atoms with Gasteiger partial charge in [0, 0.05) is 42.2 Å². The summed E-state index contributed by atoms with van der Waals surface area (Å²) in [7, 11) is 1.63.